The fourth-order valence-electron chi connectivity index (χ4n) is 3.75. The van der Waals surface area contributed by atoms with Crippen molar-refractivity contribution in [2.75, 3.05) is 15.5 Å². The Balaban J connectivity index is 1.74. The van der Waals surface area contributed by atoms with Crippen LogP contribution < -0.4 is 15.5 Å². The van der Waals surface area contributed by atoms with Gasteiger partial charge in [-0.2, -0.15) is 0 Å². The number of nitrogens with zero attached hydrogens (tertiary/aromatic N) is 3. The van der Waals surface area contributed by atoms with Gasteiger partial charge in [-0.1, -0.05) is 32.0 Å². The van der Waals surface area contributed by atoms with Gasteiger partial charge in [0.15, 0.2) is 11.6 Å². The second kappa shape index (κ2) is 6.02. The quantitative estimate of drug-likeness (QED) is 0.899. The molecule has 6 heteroatoms. The normalized spacial score (nSPS) is 21.6. The standard InChI is InChI=1S/C19H23N5O/c1-11(2)8-14-19(25)23-16-17(22-14)20-10-21-18(16)24-12(3)9-13-6-4-5-7-15(13)24/h4-7,10-12,14H,8-9H2,1-3H3,(H,23,25)(H,20,21,22). The van der Waals surface area contributed by atoms with E-state index in [9.17, 15) is 4.79 Å². The molecule has 2 aromatic rings. The minimum Gasteiger partial charge on any atom is -0.356 e. The highest BCUT2D eigenvalue weighted by atomic mass is 16.2. The maximum Gasteiger partial charge on any atom is 0.247 e. The third-order valence-electron chi connectivity index (χ3n) is 4.85. The lowest BCUT2D eigenvalue weighted by Gasteiger charge is -2.31. The van der Waals surface area contributed by atoms with Crippen LogP contribution in [0.4, 0.5) is 23.0 Å². The lowest BCUT2D eigenvalue weighted by atomic mass is 10.0. The Labute approximate surface area is 147 Å². The monoisotopic (exact) mass is 337 g/mol. The molecule has 0 saturated carbocycles. The van der Waals surface area contributed by atoms with Crippen LogP contribution in [0.2, 0.25) is 0 Å². The van der Waals surface area contributed by atoms with Crippen LogP contribution >= 0.6 is 0 Å². The number of hydrogen-bond donors (Lipinski definition) is 2. The topological polar surface area (TPSA) is 70.2 Å². The maximum absolute atomic E-state index is 12.5. The third kappa shape index (κ3) is 2.71. The Morgan fingerprint density at radius 1 is 1.28 bits per heavy atom. The van der Waals surface area contributed by atoms with E-state index in [-0.39, 0.29) is 18.0 Å². The van der Waals surface area contributed by atoms with Gasteiger partial charge >= 0.3 is 0 Å². The molecule has 2 atom stereocenters. The number of aromatic nitrogens is 2. The molecule has 2 N–H and O–H groups in total. The highest BCUT2D eigenvalue weighted by Gasteiger charge is 2.34. The number of fused-ring (bicyclic) bond motifs is 2. The molecule has 0 radical (unpaired) electrons. The summed E-state index contributed by atoms with van der Waals surface area (Å²) in [5.74, 6) is 1.87. The fourth-order valence-corrected chi connectivity index (χ4v) is 3.75. The molecule has 2 aliphatic heterocycles. The number of anilines is 4. The first kappa shape index (κ1) is 15.9. The molecule has 4 rings (SSSR count). The number of nitrogens with one attached hydrogen (secondary N) is 2. The summed E-state index contributed by atoms with van der Waals surface area (Å²) in [6, 6.07) is 8.37. The maximum atomic E-state index is 12.5. The van der Waals surface area contributed by atoms with Crippen molar-refractivity contribution >= 4 is 28.9 Å². The zero-order valence-corrected chi connectivity index (χ0v) is 14.8. The molecule has 1 amide bonds. The lowest BCUT2D eigenvalue weighted by Crippen LogP contribution is -2.41. The summed E-state index contributed by atoms with van der Waals surface area (Å²) >= 11 is 0. The Morgan fingerprint density at radius 2 is 2.08 bits per heavy atom. The number of rotatable bonds is 3. The molecule has 1 aromatic heterocycles. The van der Waals surface area contributed by atoms with Crippen LogP contribution in [0.3, 0.4) is 0 Å². The fraction of sp³-hybridized carbons (Fsp3) is 0.421. The third-order valence-corrected chi connectivity index (χ3v) is 4.85. The predicted molar refractivity (Wildman–Crippen MR) is 99.3 cm³/mol. The van der Waals surface area contributed by atoms with Crippen molar-refractivity contribution < 1.29 is 4.79 Å². The zero-order valence-electron chi connectivity index (χ0n) is 14.8. The van der Waals surface area contributed by atoms with E-state index < -0.39 is 0 Å². The van der Waals surface area contributed by atoms with Crippen molar-refractivity contribution in [3.8, 4) is 0 Å². The van der Waals surface area contributed by atoms with Crippen LogP contribution in [-0.4, -0.2) is 28.0 Å². The molecule has 1 aromatic carbocycles. The van der Waals surface area contributed by atoms with E-state index in [1.807, 2.05) is 6.07 Å². The first-order valence-electron chi connectivity index (χ1n) is 8.84. The largest absolute Gasteiger partial charge is 0.356 e. The van der Waals surface area contributed by atoms with Gasteiger partial charge < -0.3 is 15.5 Å². The molecule has 2 unspecified atom stereocenters. The zero-order chi connectivity index (χ0) is 17.6. The summed E-state index contributed by atoms with van der Waals surface area (Å²) < 4.78 is 0. The van der Waals surface area contributed by atoms with Crippen LogP contribution in [-0.2, 0) is 11.2 Å². The Hall–Kier alpha value is -2.63. The Morgan fingerprint density at radius 3 is 2.88 bits per heavy atom. The highest BCUT2D eigenvalue weighted by Crippen LogP contribution is 2.43. The summed E-state index contributed by atoms with van der Waals surface area (Å²) in [5, 5.41) is 6.34. The van der Waals surface area contributed by atoms with Gasteiger partial charge in [0.1, 0.15) is 18.1 Å². The Bertz CT molecular complexity index is 819. The van der Waals surface area contributed by atoms with Crippen molar-refractivity contribution in [3.63, 3.8) is 0 Å². The highest BCUT2D eigenvalue weighted by molar-refractivity contribution is 6.05. The van der Waals surface area contributed by atoms with Crippen LogP contribution in [0.15, 0.2) is 30.6 Å². The molecule has 0 aliphatic carbocycles. The molecule has 3 heterocycles. The van der Waals surface area contributed by atoms with E-state index in [0.717, 1.165) is 24.3 Å². The summed E-state index contributed by atoms with van der Waals surface area (Å²) in [6.07, 6.45) is 3.30. The van der Waals surface area contributed by atoms with Crippen molar-refractivity contribution in [3.05, 3.63) is 36.2 Å². The van der Waals surface area contributed by atoms with Gasteiger partial charge in [0, 0.05) is 11.7 Å². The molecule has 130 valence electrons. The molecule has 0 fully saturated rings. The first-order chi connectivity index (χ1) is 12.0. The van der Waals surface area contributed by atoms with Gasteiger partial charge in [0.2, 0.25) is 5.91 Å². The lowest BCUT2D eigenvalue weighted by molar-refractivity contribution is -0.117. The molecule has 0 saturated heterocycles. The average Bonchev–Trinajstić information content (AvgIpc) is 2.90. The SMILES string of the molecule is CC(C)CC1Nc2ncnc(N3c4ccccc4CC3C)c2NC1=O. The van der Waals surface area contributed by atoms with Crippen molar-refractivity contribution in [2.45, 2.75) is 45.7 Å². The van der Waals surface area contributed by atoms with Gasteiger partial charge in [0.05, 0.1) is 0 Å². The number of carbonyl (C=O) groups is 1. The molecular weight excluding hydrogens is 314 g/mol. The van der Waals surface area contributed by atoms with Crippen LogP contribution in [0.5, 0.6) is 0 Å². The smallest absolute Gasteiger partial charge is 0.247 e. The van der Waals surface area contributed by atoms with Crippen LogP contribution in [0.1, 0.15) is 32.8 Å². The van der Waals surface area contributed by atoms with Crippen molar-refractivity contribution in [1.29, 1.82) is 0 Å². The molecule has 0 spiro atoms. The van der Waals surface area contributed by atoms with Crippen molar-refractivity contribution in [1.82, 2.24) is 9.97 Å². The van der Waals surface area contributed by atoms with E-state index in [1.54, 1.807) is 6.33 Å². The summed E-state index contributed by atoms with van der Waals surface area (Å²) in [7, 11) is 0. The summed E-state index contributed by atoms with van der Waals surface area (Å²) in [6.45, 7) is 6.39. The number of amides is 1. The van der Waals surface area contributed by atoms with E-state index in [4.69, 9.17) is 0 Å². The predicted octanol–water partition coefficient (Wildman–Crippen LogP) is 3.34. The number of benzene rings is 1. The first-order valence-corrected chi connectivity index (χ1v) is 8.84. The van der Waals surface area contributed by atoms with Gasteiger partial charge in [-0.3, -0.25) is 4.79 Å². The van der Waals surface area contributed by atoms with Gasteiger partial charge in [-0.25, -0.2) is 9.97 Å². The molecule has 25 heavy (non-hydrogen) atoms. The van der Waals surface area contributed by atoms with Gasteiger partial charge in [-0.05, 0) is 37.3 Å². The van der Waals surface area contributed by atoms with Crippen LogP contribution in [0, 0.1) is 5.92 Å². The number of hydrogen-bond acceptors (Lipinski definition) is 5. The minimum absolute atomic E-state index is 0.0163. The number of carbonyl (C=O) groups excluding carboxylic acids is 1. The molecule has 2 aliphatic rings. The van der Waals surface area contributed by atoms with Gasteiger partial charge in [-0.15, -0.1) is 0 Å². The summed E-state index contributed by atoms with van der Waals surface area (Å²) in [4.78, 5) is 23.6. The minimum atomic E-state index is -0.251. The molecular formula is C19H23N5O. The molecule has 6 nitrogen and oxygen atoms in total. The average molecular weight is 337 g/mol. The van der Waals surface area contributed by atoms with Crippen LogP contribution in [0.25, 0.3) is 0 Å². The second-order valence-corrected chi connectivity index (χ2v) is 7.29. The number of para-hydroxylation sites is 1. The van der Waals surface area contributed by atoms with E-state index in [0.29, 0.717) is 17.4 Å². The van der Waals surface area contributed by atoms with Gasteiger partial charge in [0.25, 0.3) is 0 Å². The Kier molecular flexibility index (Phi) is 3.82. The van der Waals surface area contributed by atoms with E-state index in [1.165, 1.54) is 5.56 Å². The molecule has 0 bridgehead atoms. The van der Waals surface area contributed by atoms with Crippen molar-refractivity contribution in [2.24, 2.45) is 5.92 Å². The summed E-state index contributed by atoms with van der Waals surface area (Å²) in [5.41, 5.74) is 3.13. The van der Waals surface area contributed by atoms with E-state index >= 15 is 0 Å². The van der Waals surface area contributed by atoms with E-state index in [2.05, 4.69) is 64.5 Å². The second-order valence-electron chi connectivity index (χ2n) is 7.29.